The fourth-order valence-electron chi connectivity index (χ4n) is 2.23. The molecule has 7 heteroatoms. The Hall–Kier alpha value is -3.22. The molecule has 3 amide bonds. The SMILES string of the molecule is CC(=O)Nc1ccc(C(=O)N[C@H](Cc2ccc(F)cc2)C(N)=O)cc1. The van der Waals surface area contributed by atoms with Gasteiger partial charge in [-0.1, -0.05) is 12.1 Å². The number of anilines is 1. The highest BCUT2D eigenvalue weighted by Gasteiger charge is 2.19. The zero-order valence-corrected chi connectivity index (χ0v) is 13.6. The van der Waals surface area contributed by atoms with E-state index in [4.69, 9.17) is 5.73 Å². The van der Waals surface area contributed by atoms with Gasteiger partial charge in [0.25, 0.3) is 5.91 Å². The summed E-state index contributed by atoms with van der Waals surface area (Å²) in [5.74, 6) is -1.76. The maximum atomic E-state index is 12.9. The Morgan fingerprint density at radius 3 is 2.16 bits per heavy atom. The Balaban J connectivity index is 2.05. The van der Waals surface area contributed by atoms with Crippen LogP contribution in [0.3, 0.4) is 0 Å². The highest BCUT2D eigenvalue weighted by Crippen LogP contribution is 2.11. The number of carbonyl (C=O) groups is 3. The second-order valence-corrected chi connectivity index (χ2v) is 5.52. The van der Waals surface area contributed by atoms with Crippen molar-refractivity contribution >= 4 is 23.4 Å². The molecule has 0 fully saturated rings. The van der Waals surface area contributed by atoms with Gasteiger partial charge < -0.3 is 16.4 Å². The van der Waals surface area contributed by atoms with Gasteiger partial charge in [-0.3, -0.25) is 14.4 Å². The van der Waals surface area contributed by atoms with Crippen LogP contribution in [0.25, 0.3) is 0 Å². The Kier molecular flexibility index (Phi) is 5.84. The van der Waals surface area contributed by atoms with Crippen LogP contribution in [0.4, 0.5) is 10.1 Å². The van der Waals surface area contributed by atoms with Crippen molar-refractivity contribution in [3.05, 3.63) is 65.5 Å². The summed E-state index contributed by atoms with van der Waals surface area (Å²) in [6.45, 7) is 1.38. The van der Waals surface area contributed by atoms with Crippen molar-refractivity contribution in [3.63, 3.8) is 0 Å². The summed E-state index contributed by atoms with van der Waals surface area (Å²) < 4.78 is 12.9. The fraction of sp³-hybridized carbons (Fsp3) is 0.167. The molecule has 25 heavy (non-hydrogen) atoms. The lowest BCUT2D eigenvalue weighted by molar-refractivity contribution is -0.119. The lowest BCUT2D eigenvalue weighted by atomic mass is 10.0. The monoisotopic (exact) mass is 343 g/mol. The number of primary amides is 1. The number of nitrogens with one attached hydrogen (secondary N) is 2. The van der Waals surface area contributed by atoms with Crippen LogP contribution in [0.15, 0.2) is 48.5 Å². The summed E-state index contributed by atoms with van der Waals surface area (Å²) in [5, 5.41) is 5.15. The van der Waals surface area contributed by atoms with E-state index in [0.29, 0.717) is 16.8 Å². The molecule has 0 unspecified atom stereocenters. The number of halogens is 1. The van der Waals surface area contributed by atoms with Gasteiger partial charge in [0.05, 0.1) is 0 Å². The first-order chi connectivity index (χ1) is 11.8. The van der Waals surface area contributed by atoms with Crippen LogP contribution in [0.1, 0.15) is 22.8 Å². The van der Waals surface area contributed by atoms with Gasteiger partial charge in [0, 0.05) is 24.6 Å². The maximum Gasteiger partial charge on any atom is 0.251 e. The molecule has 2 aromatic carbocycles. The van der Waals surface area contributed by atoms with Crippen LogP contribution < -0.4 is 16.4 Å². The smallest absolute Gasteiger partial charge is 0.251 e. The molecule has 0 bridgehead atoms. The third-order valence-corrected chi connectivity index (χ3v) is 3.47. The normalized spacial score (nSPS) is 11.4. The molecular formula is C18H18FN3O3. The second-order valence-electron chi connectivity index (χ2n) is 5.52. The first-order valence-corrected chi connectivity index (χ1v) is 7.57. The lowest BCUT2D eigenvalue weighted by Gasteiger charge is -2.16. The van der Waals surface area contributed by atoms with E-state index in [2.05, 4.69) is 10.6 Å². The quantitative estimate of drug-likeness (QED) is 0.743. The summed E-state index contributed by atoms with van der Waals surface area (Å²) in [6.07, 6.45) is 0.158. The molecule has 130 valence electrons. The predicted octanol–water partition coefficient (Wildman–Crippen LogP) is 1.61. The van der Waals surface area contributed by atoms with Gasteiger partial charge >= 0.3 is 0 Å². The highest BCUT2D eigenvalue weighted by molar-refractivity contribution is 5.98. The Morgan fingerprint density at radius 2 is 1.64 bits per heavy atom. The third kappa shape index (κ3) is 5.42. The van der Waals surface area contributed by atoms with Crippen LogP contribution in [0, 0.1) is 5.82 Å². The van der Waals surface area contributed by atoms with Crippen molar-refractivity contribution < 1.29 is 18.8 Å². The number of nitrogens with two attached hydrogens (primary N) is 1. The number of rotatable bonds is 6. The molecule has 0 aliphatic heterocycles. The minimum Gasteiger partial charge on any atom is -0.368 e. The van der Waals surface area contributed by atoms with Crippen molar-refractivity contribution in [3.8, 4) is 0 Å². The van der Waals surface area contributed by atoms with E-state index in [1.165, 1.54) is 43.3 Å². The molecule has 0 aliphatic carbocycles. The topological polar surface area (TPSA) is 101 Å². The molecular weight excluding hydrogens is 325 g/mol. The third-order valence-electron chi connectivity index (χ3n) is 3.47. The van der Waals surface area contributed by atoms with Crippen LogP contribution in [-0.2, 0) is 16.0 Å². The summed E-state index contributed by atoms with van der Waals surface area (Å²) in [5.41, 5.74) is 6.89. The van der Waals surface area contributed by atoms with E-state index in [0.717, 1.165) is 0 Å². The Labute approximate surface area is 144 Å². The van der Waals surface area contributed by atoms with Crippen molar-refractivity contribution in [1.82, 2.24) is 5.32 Å². The largest absolute Gasteiger partial charge is 0.368 e. The number of carbonyl (C=O) groups excluding carboxylic acids is 3. The van der Waals surface area contributed by atoms with Crippen LogP contribution in [0.5, 0.6) is 0 Å². The van der Waals surface area contributed by atoms with E-state index < -0.39 is 17.9 Å². The molecule has 6 nitrogen and oxygen atoms in total. The summed E-state index contributed by atoms with van der Waals surface area (Å²) in [7, 11) is 0. The molecule has 0 radical (unpaired) electrons. The van der Waals surface area contributed by atoms with Crippen molar-refractivity contribution in [2.75, 3.05) is 5.32 Å². The van der Waals surface area contributed by atoms with E-state index in [-0.39, 0.29) is 18.1 Å². The molecule has 2 rings (SSSR count). The average Bonchev–Trinajstić information content (AvgIpc) is 2.56. The zero-order chi connectivity index (χ0) is 18.4. The van der Waals surface area contributed by atoms with Crippen LogP contribution in [0.2, 0.25) is 0 Å². The minimum atomic E-state index is -0.923. The van der Waals surface area contributed by atoms with E-state index in [9.17, 15) is 18.8 Å². The molecule has 0 aromatic heterocycles. The standard InChI is InChI=1S/C18H18FN3O3/c1-11(23)21-15-8-4-13(5-9-15)18(25)22-16(17(20)24)10-12-2-6-14(19)7-3-12/h2-9,16H,10H2,1H3,(H2,20,24)(H,21,23)(H,22,25)/t16-/m1/s1. The van der Waals surface area contributed by atoms with Gasteiger partial charge in [-0.15, -0.1) is 0 Å². The Bertz CT molecular complexity index is 773. The second kappa shape index (κ2) is 8.05. The summed E-state index contributed by atoms with van der Waals surface area (Å²) in [4.78, 5) is 34.9. The lowest BCUT2D eigenvalue weighted by Crippen LogP contribution is -2.45. The molecule has 0 heterocycles. The van der Waals surface area contributed by atoms with Gasteiger partial charge in [0.2, 0.25) is 11.8 Å². The fourth-order valence-corrected chi connectivity index (χ4v) is 2.23. The average molecular weight is 343 g/mol. The predicted molar refractivity (Wildman–Crippen MR) is 91.3 cm³/mol. The summed E-state index contributed by atoms with van der Waals surface area (Å²) >= 11 is 0. The molecule has 2 aromatic rings. The van der Waals surface area contributed by atoms with Gasteiger partial charge in [-0.2, -0.15) is 0 Å². The van der Waals surface area contributed by atoms with E-state index in [1.54, 1.807) is 12.1 Å². The van der Waals surface area contributed by atoms with Crippen molar-refractivity contribution in [2.24, 2.45) is 5.73 Å². The maximum absolute atomic E-state index is 12.9. The first kappa shape index (κ1) is 18.1. The van der Waals surface area contributed by atoms with Crippen molar-refractivity contribution in [1.29, 1.82) is 0 Å². The number of amides is 3. The van der Waals surface area contributed by atoms with Crippen LogP contribution in [-0.4, -0.2) is 23.8 Å². The number of hydrogen-bond donors (Lipinski definition) is 3. The van der Waals surface area contributed by atoms with Gasteiger partial charge in [-0.25, -0.2) is 4.39 Å². The number of benzene rings is 2. The van der Waals surface area contributed by atoms with Gasteiger partial charge in [0.1, 0.15) is 11.9 Å². The minimum absolute atomic E-state index is 0.158. The van der Waals surface area contributed by atoms with E-state index in [1.807, 2.05) is 0 Å². The highest BCUT2D eigenvalue weighted by atomic mass is 19.1. The first-order valence-electron chi connectivity index (χ1n) is 7.57. The van der Waals surface area contributed by atoms with E-state index >= 15 is 0 Å². The van der Waals surface area contributed by atoms with Gasteiger partial charge in [0.15, 0.2) is 0 Å². The Morgan fingerprint density at radius 1 is 1.04 bits per heavy atom. The molecule has 4 N–H and O–H groups in total. The van der Waals surface area contributed by atoms with Crippen molar-refractivity contribution in [2.45, 2.75) is 19.4 Å². The summed E-state index contributed by atoms with van der Waals surface area (Å²) in [6, 6.07) is 10.9. The van der Waals surface area contributed by atoms with Crippen LogP contribution >= 0.6 is 0 Å². The molecule has 0 spiro atoms. The molecule has 0 aliphatic rings. The molecule has 0 saturated carbocycles. The number of hydrogen-bond acceptors (Lipinski definition) is 3. The zero-order valence-electron chi connectivity index (χ0n) is 13.6. The molecule has 1 atom stereocenters. The van der Waals surface area contributed by atoms with Gasteiger partial charge in [-0.05, 0) is 42.0 Å². The molecule has 0 saturated heterocycles.